The second kappa shape index (κ2) is 3.83. The van der Waals surface area contributed by atoms with Crippen LogP contribution in [0.15, 0.2) is 6.20 Å². The Morgan fingerprint density at radius 3 is 2.87 bits per heavy atom. The molecule has 5 nitrogen and oxygen atoms in total. The Kier molecular flexibility index (Phi) is 2.67. The summed E-state index contributed by atoms with van der Waals surface area (Å²) in [6.45, 7) is 0.426. The van der Waals surface area contributed by atoms with Crippen LogP contribution in [0.3, 0.4) is 0 Å². The molecular weight excluding hydrogens is 239 g/mol. The molecule has 2 rings (SSSR count). The van der Waals surface area contributed by atoms with Crippen LogP contribution in [0.5, 0.6) is 0 Å². The van der Waals surface area contributed by atoms with Gasteiger partial charge in [-0.25, -0.2) is 4.98 Å². The molecule has 2 N–H and O–H groups in total. The zero-order valence-electron chi connectivity index (χ0n) is 7.65. The minimum atomic E-state index is -0.187. The van der Waals surface area contributed by atoms with E-state index < -0.39 is 0 Å². The van der Waals surface area contributed by atoms with Gasteiger partial charge in [-0.3, -0.25) is 4.79 Å². The van der Waals surface area contributed by atoms with Crippen molar-refractivity contribution in [2.45, 2.75) is 11.8 Å². The van der Waals surface area contributed by atoms with Gasteiger partial charge in [0.25, 0.3) is 0 Å². The van der Waals surface area contributed by atoms with E-state index in [9.17, 15) is 4.79 Å². The molecule has 1 saturated heterocycles. The lowest BCUT2D eigenvalue weighted by atomic mass is 10.4. The Labute approximate surface area is 96.2 Å². The van der Waals surface area contributed by atoms with E-state index in [1.54, 1.807) is 0 Å². The van der Waals surface area contributed by atoms with Crippen LogP contribution in [0.25, 0.3) is 0 Å². The summed E-state index contributed by atoms with van der Waals surface area (Å²) in [4.78, 5) is 20.5. The smallest absolute Gasteiger partial charge is 0.228 e. The van der Waals surface area contributed by atoms with Gasteiger partial charge in [0.15, 0.2) is 5.82 Å². The molecule has 80 valence electrons. The van der Waals surface area contributed by atoms with E-state index in [0.29, 0.717) is 18.7 Å². The maximum atomic E-state index is 11.5. The third-order valence-electron chi connectivity index (χ3n) is 2.14. The zero-order chi connectivity index (χ0) is 11.0. The molecule has 0 radical (unpaired) electrons. The molecule has 0 spiro atoms. The number of rotatable bonds is 1. The van der Waals surface area contributed by atoms with E-state index in [0.717, 1.165) is 0 Å². The van der Waals surface area contributed by atoms with Crippen LogP contribution >= 0.6 is 23.2 Å². The fraction of sp³-hybridized carbons (Fsp3) is 0.375. The van der Waals surface area contributed by atoms with E-state index in [2.05, 4.69) is 9.97 Å². The lowest BCUT2D eigenvalue weighted by molar-refractivity contribution is -0.117. The summed E-state index contributed by atoms with van der Waals surface area (Å²) in [6, 6.07) is 0. The van der Waals surface area contributed by atoms with Crippen LogP contribution in [0.4, 0.5) is 11.5 Å². The summed E-state index contributed by atoms with van der Waals surface area (Å²) in [5.41, 5.74) is 6.10. The number of hydrogen-bond acceptors (Lipinski definition) is 4. The van der Waals surface area contributed by atoms with Crippen LogP contribution in [0.1, 0.15) is 6.42 Å². The molecule has 0 saturated carbocycles. The number of anilines is 2. The van der Waals surface area contributed by atoms with Gasteiger partial charge < -0.3 is 10.6 Å². The van der Waals surface area contributed by atoms with Crippen molar-refractivity contribution in [2.24, 2.45) is 0 Å². The van der Waals surface area contributed by atoms with E-state index in [1.165, 1.54) is 11.1 Å². The molecule has 1 atom stereocenters. The molecule has 1 aromatic heterocycles. The third kappa shape index (κ3) is 1.98. The number of hydrogen-bond donors (Lipinski definition) is 1. The lowest BCUT2D eigenvalue weighted by Crippen LogP contribution is -2.26. The first-order valence-electron chi connectivity index (χ1n) is 4.30. The van der Waals surface area contributed by atoms with Crippen molar-refractivity contribution in [2.75, 3.05) is 17.2 Å². The molecule has 7 heteroatoms. The average molecular weight is 247 g/mol. The first-order valence-corrected chi connectivity index (χ1v) is 5.12. The molecule has 2 heterocycles. The summed E-state index contributed by atoms with van der Waals surface area (Å²) in [6.07, 6.45) is 1.74. The zero-order valence-corrected chi connectivity index (χ0v) is 9.16. The first kappa shape index (κ1) is 10.4. The summed E-state index contributed by atoms with van der Waals surface area (Å²) in [7, 11) is 0. The Balaban J connectivity index is 2.34. The quantitative estimate of drug-likeness (QED) is 0.594. The van der Waals surface area contributed by atoms with Crippen LogP contribution in [0, 0.1) is 0 Å². The molecule has 1 fully saturated rings. The predicted molar refractivity (Wildman–Crippen MR) is 58.1 cm³/mol. The minimum Gasteiger partial charge on any atom is -0.382 e. The van der Waals surface area contributed by atoms with Crippen LogP contribution in [-0.2, 0) is 4.79 Å². The van der Waals surface area contributed by atoms with Gasteiger partial charge in [0.05, 0.1) is 11.6 Å². The van der Waals surface area contributed by atoms with Crippen molar-refractivity contribution in [3.63, 3.8) is 0 Å². The van der Waals surface area contributed by atoms with Gasteiger partial charge in [0.2, 0.25) is 11.2 Å². The molecule has 15 heavy (non-hydrogen) atoms. The van der Waals surface area contributed by atoms with Crippen molar-refractivity contribution in [1.29, 1.82) is 0 Å². The highest BCUT2D eigenvalue weighted by atomic mass is 35.5. The van der Waals surface area contributed by atoms with Gasteiger partial charge >= 0.3 is 0 Å². The normalized spacial score (nSPS) is 21.1. The third-order valence-corrected chi connectivity index (χ3v) is 2.61. The van der Waals surface area contributed by atoms with E-state index in [4.69, 9.17) is 28.9 Å². The number of nitrogens with two attached hydrogens (primary N) is 1. The molecule has 1 unspecified atom stereocenters. The van der Waals surface area contributed by atoms with Crippen LogP contribution in [-0.4, -0.2) is 27.8 Å². The van der Waals surface area contributed by atoms with Crippen molar-refractivity contribution in [3.8, 4) is 0 Å². The molecule has 0 bridgehead atoms. The molecule has 1 aliphatic rings. The molecule has 1 amide bonds. The fourth-order valence-corrected chi connectivity index (χ4v) is 1.88. The first-order chi connectivity index (χ1) is 7.08. The van der Waals surface area contributed by atoms with Gasteiger partial charge in [0, 0.05) is 13.0 Å². The van der Waals surface area contributed by atoms with Crippen molar-refractivity contribution < 1.29 is 4.79 Å². The summed E-state index contributed by atoms with van der Waals surface area (Å²) < 4.78 is 0. The highest BCUT2D eigenvalue weighted by Crippen LogP contribution is 2.27. The van der Waals surface area contributed by atoms with E-state index in [1.807, 2.05) is 0 Å². The number of halogens is 2. The topological polar surface area (TPSA) is 72.1 Å². The van der Waals surface area contributed by atoms with Gasteiger partial charge in [-0.1, -0.05) is 0 Å². The highest BCUT2D eigenvalue weighted by Gasteiger charge is 2.30. The number of carbonyl (C=O) groups is 1. The summed E-state index contributed by atoms with van der Waals surface area (Å²) in [5, 5.41) is -0.127. The predicted octanol–water partition coefficient (Wildman–Crippen LogP) is 1.06. The Morgan fingerprint density at radius 2 is 2.33 bits per heavy atom. The van der Waals surface area contributed by atoms with Crippen LogP contribution in [0.2, 0.25) is 5.28 Å². The van der Waals surface area contributed by atoms with E-state index >= 15 is 0 Å². The number of nitrogens with zero attached hydrogens (tertiary/aromatic N) is 3. The number of carbonyl (C=O) groups excluding carboxylic acids is 1. The Hall–Kier alpha value is -1.07. The fourth-order valence-electron chi connectivity index (χ4n) is 1.47. The van der Waals surface area contributed by atoms with Gasteiger partial charge in [-0.2, -0.15) is 4.98 Å². The average Bonchev–Trinajstić information content (AvgIpc) is 2.45. The summed E-state index contributed by atoms with van der Waals surface area (Å²) >= 11 is 11.4. The monoisotopic (exact) mass is 246 g/mol. The van der Waals surface area contributed by atoms with Gasteiger partial charge in [-0.05, 0) is 11.6 Å². The Morgan fingerprint density at radius 1 is 1.60 bits per heavy atom. The van der Waals surface area contributed by atoms with Crippen LogP contribution < -0.4 is 10.6 Å². The Bertz CT molecular complexity index is 412. The molecule has 1 aliphatic heterocycles. The lowest BCUT2D eigenvalue weighted by Gasteiger charge is -2.16. The molecule has 1 aromatic rings. The largest absolute Gasteiger partial charge is 0.382 e. The SMILES string of the molecule is Nc1nc(Cl)ncc1N1CC(Cl)CC1=O. The number of amides is 1. The van der Waals surface area contributed by atoms with E-state index in [-0.39, 0.29) is 22.4 Å². The molecule has 0 aliphatic carbocycles. The minimum absolute atomic E-state index is 0.0605. The number of aromatic nitrogens is 2. The van der Waals surface area contributed by atoms with Crippen molar-refractivity contribution in [3.05, 3.63) is 11.5 Å². The second-order valence-corrected chi connectivity index (χ2v) is 4.17. The molecular formula is C8H8Cl2N4O. The van der Waals surface area contributed by atoms with Gasteiger partial charge in [-0.15, -0.1) is 11.6 Å². The maximum Gasteiger partial charge on any atom is 0.228 e. The molecule has 0 aromatic carbocycles. The summed E-state index contributed by atoms with van der Waals surface area (Å²) in [5.74, 6) is 0.113. The standard InChI is InChI=1S/C8H8Cl2N4O/c9-4-1-6(15)14(3-4)5-2-12-8(10)13-7(5)11/h2,4H,1,3H2,(H2,11,12,13). The maximum absolute atomic E-state index is 11.5. The number of alkyl halides is 1. The van der Waals surface area contributed by atoms with Crippen molar-refractivity contribution >= 4 is 40.6 Å². The van der Waals surface area contributed by atoms with Gasteiger partial charge in [0.1, 0.15) is 5.69 Å². The number of nitrogen functional groups attached to an aromatic ring is 1. The highest BCUT2D eigenvalue weighted by molar-refractivity contribution is 6.28. The van der Waals surface area contributed by atoms with Crippen molar-refractivity contribution in [1.82, 2.24) is 9.97 Å². The second-order valence-electron chi connectivity index (χ2n) is 3.22.